The minimum absolute atomic E-state index is 0.101. The average Bonchev–Trinajstić information content (AvgIpc) is 3.47. The first kappa shape index (κ1) is 23.3. The molecule has 6 nitrogen and oxygen atoms in total. The number of amides is 1. The van der Waals surface area contributed by atoms with Crippen molar-refractivity contribution in [3.8, 4) is 5.75 Å². The van der Waals surface area contributed by atoms with E-state index in [9.17, 15) is 4.79 Å². The van der Waals surface area contributed by atoms with E-state index in [4.69, 9.17) is 9.72 Å². The summed E-state index contributed by atoms with van der Waals surface area (Å²) >= 11 is 3.25. The Balaban J connectivity index is 1.46. The first-order chi connectivity index (χ1) is 16.1. The van der Waals surface area contributed by atoms with Gasteiger partial charge in [-0.1, -0.05) is 29.0 Å². The number of imidazole rings is 1. The zero-order chi connectivity index (χ0) is 23.0. The van der Waals surface area contributed by atoms with E-state index in [0.717, 1.165) is 39.8 Å². The van der Waals surface area contributed by atoms with Gasteiger partial charge in [0.05, 0.1) is 23.2 Å². The van der Waals surface area contributed by atoms with E-state index in [-0.39, 0.29) is 5.91 Å². The number of thiazole rings is 1. The van der Waals surface area contributed by atoms with Gasteiger partial charge in [-0.2, -0.15) is 0 Å². The molecule has 2 aromatic carbocycles. The lowest BCUT2D eigenvalue weighted by atomic mass is 10.2. The molecule has 0 radical (unpaired) electrons. The Hall–Kier alpha value is -2.84. The lowest BCUT2D eigenvalue weighted by molar-refractivity contribution is -0.118. The summed E-state index contributed by atoms with van der Waals surface area (Å²) in [5.74, 6) is 1.66. The largest absolute Gasteiger partial charge is 0.494 e. The SMILES string of the molecule is CCOc1ccc2nc(N(CCCn3ccnc3)C(=O)CCSc3ccc(C)cc3)sc2c1. The van der Waals surface area contributed by atoms with Gasteiger partial charge < -0.3 is 9.30 Å². The number of hydrogen-bond donors (Lipinski definition) is 0. The maximum atomic E-state index is 13.3. The van der Waals surface area contributed by atoms with Crippen molar-refractivity contribution in [2.24, 2.45) is 0 Å². The van der Waals surface area contributed by atoms with Crippen LogP contribution in [0.5, 0.6) is 5.75 Å². The Morgan fingerprint density at radius 1 is 1.21 bits per heavy atom. The van der Waals surface area contributed by atoms with E-state index in [1.165, 1.54) is 10.5 Å². The molecule has 1 amide bonds. The number of aryl methyl sites for hydroxylation is 2. The topological polar surface area (TPSA) is 60.2 Å². The molecule has 0 aliphatic rings. The van der Waals surface area contributed by atoms with Crippen LogP contribution in [0.15, 0.2) is 66.1 Å². The molecule has 0 saturated heterocycles. The van der Waals surface area contributed by atoms with Crippen molar-refractivity contribution in [3.05, 3.63) is 66.7 Å². The highest BCUT2D eigenvalue weighted by atomic mass is 32.2. The highest BCUT2D eigenvalue weighted by molar-refractivity contribution is 7.99. The Morgan fingerprint density at radius 3 is 2.82 bits per heavy atom. The van der Waals surface area contributed by atoms with Crippen LogP contribution in [0.1, 0.15) is 25.3 Å². The molecule has 0 fully saturated rings. The summed E-state index contributed by atoms with van der Waals surface area (Å²) in [4.78, 5) is 25.2. The van der Waals surface area contributed by atoms with Gasteiger partial charge in [-0.05, 0) is 50.6 Å². The molecule has 4 rings (SSSR count). The number of nitrogens with zero attached hydrogens (tertiary/aromatic N) is 4. The Bertz CT molecular complexity index is 1170. The molecule has 0 N–H and O–H groups in total. The van der Waals surface area contributed by atoms with Crippen LogP contribution in [-0.2, 0) is 11.3 Å². The summed E-state index contributed by atoms with van der Waals surface area (Å²) in [6.07, 6.45) is 6.81. The zero-order valence-electron chi connectivity index (χ0n) is 18.9. The van der Waals surface area contributed by atoms with Crippen LogP contribution in [0.3, 0.4) is 0 Å². The monoisotopic (exact) mass is 480 g/mol. The van der Waals surface area contributed by atoms with Crippen LogP contribution < -0.4 is 9.64 Å². The van der Waals surface area contributed by atoms with Crippen LogP contribution in [-0.4, -0.2) is 39.3 Å². The number of carbonyl (C=O) groups is 1. The summed E-state index contributed by atoms with van der Waals surface area (Å²) in [6.45, 7) is 6.09. The van der Waals surface area contributed by atoms with Crippen LogP contribution in [0.2, 0.25) is 0 Å². The van der Waals surface area contributed by atoms with Gasteiger partial charge in [0.25, 0.3) is 0 Å². The molecular weight excluding hydrogens is 452 g/mol. The molecule has 0 aliphatic carbocycles. The quantitative estimate of drug-likeness (QED) is 0.254. The fourth-order valence-corrected chi connectivity index (χ4v) is 5.33. The van der Waals surface area contributed by atoms with Gasteiger partial charge >= 0.3 is 0 Å². The number of hydrogen-bond acceptors (Lipinski definition) is 6. The van der Waals surface area contributed by atoms with E-state index in [0.29, 0.717) is 19.6 Å². The molecule has 172 valence electrons. The summed E-state index contributed by atoms with van der Waals surface area (Å²) in [7, 11) is 0. The minimum Gasteiger partial charge on any atom is -0.494 e. The molecule has 0 atom stereocenters. The first-order valence-corrected chi connectivity index (χ1v) is 12.9. The van der Waals surface area contributed by atoms with Crippen molar-refractivity contribution in [1.29, 1.82) is 0 Å². The number of aromatic nitrogens is 3. The third-order valence-electron chi connectivity index (χ3n) is 5.15. The fourth-order valence-electron chi connectivity index (χ4n) is 3.45. The van der Waals surface area contributed by atoms with E-state index < -0.39 is 0 Å². The van der Waals surface area contributed by atoms with Crippen molar-refractivity contribution >= 4 is 44.4 Å². The summed E-state index contributed by atoms with van der Waals surface area (Å²) < 4.78 is 8.68. The fraction of sp³-hybridized carbons (Fsp3) is 0.320. The van der Waals surface area contributed by atoms with E-state index in [1.54, 1.807) is 35.6 Å². The number of thioether (sulfide) groups is 1. The predicted molar refractivity (Wildman–Crippen MR) is 137 cm³/mol. The second-order valence-electron chi connectivity index (χ2n) is 7.67. The second-order valence-corrected chi connectivity index (χ2v) is 9.85. The van der Waals surface area contributed by atoms with Crippen LogP contribution in [0.25, 0.3) is 10.2 Å². The average molecular weight is 481 g/mol. The van der Waals surface area contributed by atoms with Gasteiger partial charge in [0, 0.05) is 42.6 Å². The van der Waals surface area contributed by atoms with Crippen LogP contribution in [0.4, 0.5) is 5.13 Å². The van der Waals surface area contributed by atoms with Crippen molar-refractivity contribution in [2.75, 3.05) is 23.8 Å². The molecule has 0 bridgehead atoms. The summed E-state index contributed by atoms with van der Waals surface area (Å²) in [5.41, 5.74) is 2.13. The first-order valence-electron chi connectivity index (χ1n) is 11.1. The van der Waals surface area contributed by atoms with Crippen molar-refractivity contribution in [3.63, 3.8) is 0 Å². The van der Waals surface area contributed by atoms with Crippen LogP contribution in [0, 0.1) is 6.92 Å². The van der Waals surface area contributed by atoms with Crippen molar-refractivity contribution in [2.45, 2.75) is 38.1 Å². The van der Waals surface area contributed by atoms with Gasteiger partial charge in [-0.3, -0.25) is 9.69 Å². The minimum atomic E-state index is 0.101. The predicted octanol–water partition coefficient (Wildman–Crippen LogP) is 5.81. The Labute approximate surface area is 202 Å². The molecule has 0 unspecified atom stereocenters. The van der Waals surface area contributed by atoms with Gasteiger partial charge in [0.1, 0.15) is 5.75 Å². The number of rotatable bonds is 11. The molecule has 0 aliphatic heterocycles. The lowest BCUT2D eigenvalue weighted by Gasteiger charge is -2.20. The number of fused-ring (bicyclic) bond motifs is 1. The maximum absolute atomic E-state index is 13.3. The van der Waals surface area contributed by atoms with Gasteiger partial charge in [0.2, 0.25) is 5.91 Å². The molecule has 8 heteroatoms. The molecule has 2 aromatic heterocycles. The highest BCUT2D eigenvalue weighted by Gasteiger charge is 2.20. The van der Waals surface area contributed by atoms with Crippen LogP contribution >= 0.6 is 23.1 Å². The molecule has 33 heavy (non-hydrogen) atoms. The van der Waals surface area contributed by atoms with E-state index in [2.05, 4.69) is 36.2 Å². The normalized spacial score (nSPS) is 11.1. The van der Waals surface area contributed by atoms with E-state index >= 15 is 0 Å². The third-order valence-corrected chi connectivity index (χ3v) is 7.21. The van der Waals surface area contributed by atoms with Gasteiger partial charge in [-0.25, -0.2) is 9.97 Å². The standard InChI is InChI=1S/C25H28N4O2S2/c1-3-31-20-7-10-22-23(17-20)33-25(27-22)29(14-4-13-28-15-12-26-18-28)24(30)11-16-32-21-8-5-19(2)6-9-21/h5-10,12,15,17-18H,3-4,11,13-14,16H2,1-2H3. The molecule has 2 heterocycles. The zero-order valence-corrected chi connectivity index (χ0v) is 20.6. The second kappa shape index (κ2) is 11.3. The molecule has 4 aromatic rings. The number of ether oxygens (including phenoxy) is 1. The highest BCUT2D eigenvalue weighted by Crippen LogP contribution is 2.32. The number of benzene rings is 2. The van der Waals surface area contributed by atoms with Gasteiger partial charge in [0.15, 0.2) is 5.13 Å². The third kappa shape index (κ3) is 6.36. The van der Waals surface area contributed by atoms with Crippen molar-refractivity contribution in [1.82, 2.24) is 14.5 Å². The summed E-state index contributed by atoms with van der Waals surface area (Å²) in [6, 6.07) is 14.3. The lowest BCUT2D eigenvalue weighted by Crippen LogP contribution is -2.32. The molecule has 0 saturated carbocycles. The van der Waals surface area contributed by atoms with Crippen molar-refractivity contribution < 1.29 is 9.53 Å². The van der Waals surface area contributed by atoms with Gasteiger partial charge in [-0.15, -0.1) is 11.8 Å². The Kier molecular flexibility index (Phi) is 8.01. The Morgan fingerprint density at radius 2 is 2.06 bits per heavy atom. The smallest absolute Gasteiger partial charge is 0.229 e. The number of carbonyl (C=O) groups excluding carboxylic acids is 1. The molecule has 0 spiro atoms. The maximum Gasteiger partial charge on any atom is 0.229 e. The van der Waals surface area contributed by atoms with E-state index in [1.807, 2.05) is 40.8 Å². The summed E-state index contributed by atoms with van der Waals surface area (Å²) in [5, 5.41) is 0.745. The number of anilines is 1. The molecular formula is C25H28N4O2S2.